The lowest BCUT2D eigenvalue weighted by Gasteiger charge is -2.40. The number of nitrogen functional groups attached to an aromatic ring is 1. The van der Waals surface area contributed by atoms with E-state index in [4.69, 9.17) is 5.73 Å². The third-order valence-corrected chi connectivity index (χ3v) is 7.47. The third-order valence-electron chi connectivity index (χ3n) is 6.67. The molecule has 0 amide bonds. The molecular weight excluding hydrogens is 428 g/mol. The summed E-state index contributed by atoms with van der Waals surface area (Å²) in [6.07, 6.45) is 1.45. The van der Waals surface area contributed by atoms with E-state index < -0.39 is 0 Å². The van der Waals surface area contributed by atoms with Crippen LogP contribution in [0.15, 0.2) is 66.2 Å². The van der Waals surface area contributed by atoms with E-state index in [0.717, 1.165) is 33.8 Å². The zero-order valence-electron chi connectivity index (χ0n) is 18.6. The highest BCUT2D eigenvalue weighted by molar-refractivity contribution is 7.18. The van der Waals surface area contributed by atoms with Crippen LogP contribution in [0.25, 0.3) is 26.9 Å². The predicted octanol–water partition coefficient (Wildman–Crippen LogP) is 6.25. The minimum Gasteiger partial charge on any atom is -0.374 e. The van der Waals surface area contributed by atoms with Gasteiger partial charge in [-0.25, -0.2) is 0 Å². The van der Waals surface area contributed by atoms with Crippen LogP contribution in [0, 0.1) is 5.41 Å². The van der Waals surface area contributed by atoms with Gasteiger partial charge in [0, 0.05) is 28.8 Å². The number of anilines is 2. The molecule has 4 aromatic rings. The molecule has 5 nitrogen and oxygen atoms in total. The van der Waals surface area contributed by atoms with Crippen LogP contribution in [-0.4, -0.2) is 16.0 Å². The Morgan fingerprint density at radius 2 is 1.79 bits per heavy atom. The van der Waals surface area contributed by atoms with E-state index in [1.54, 1.807) is 0 Å². The molecule has 6 rings (SSSR count). The van der Waals surface area contributed by atoms with Gasteiger partial charge in [0.05, 0.1) is 6.04 Å². The summed E-state index contributed by atoms with van der Waals surface area (Å²) >= 11 is 1.37. The molecular formula is C27H24N4OS. The Morgan fingerprint density at radius 1 is 1.00 bits per heavy atom. The Kier molecular flexibility index (Phi) is 4.42. The Balaban J connectivity index is 1.51. The molecule has 33 heavy (non-hydrogen) atoms. The van der Waals surface area contributed by atoms with Gasteiger partial charge in [-0.2, -0.15) is 0 Å². The summed E-state index contributed by atoms with van der Waals surface area (Å²) in [4.78, 5) is 13.5. The lowest BCUT2D eigenvalue weighted by molar-refractivity contribution is -0.118. The first kappa shape index (κ1) is 20.1. The highest BCUT2D eigenvalue weighted by Crippen LogP contribution is 2.52. The molecule has 1 aromatic heterocycles. The van der Waals surface area contributed by atoms with Gasteiger partial charge in [-0.1, -0.05) is 79.8 Å². The predicted molar refractivity (Wildman–Crippen MR) is 135 cm³/mol. The normalized spacial score (nSPS) is 19.2. The maximum atomic E-state index is 13.5. The minimum atomic E-state index is -0.175. The van der Waals surface area contributed by atoms with Crippen LogP contribution in [0.5, 0.6) is 0 Å². The monoisotopic (exact) mass is 452 g/mol. The summed E-state index contributed by atoms with van der Waals surface area (Å²) in [5.41, 5.74) is 12.1. The van der Waals surface area contributed by atoms with E-state index in [1.807, 2.05) is 12.1 Å². The van der Waals surface area contributed by atoms with Gasteiger partial charge in [0.1, 0.15) is 5.01 Å². The van der Waals surface area contributed by atoms with Crippen molar-refractivity contribution >= 4 is 44.3 Å². The number of allylic oxidation sites excluding steroid dienone is 1. The van der Waals surface area contributed by atoms with Crippen molar-refractivity contribution in [3.8, 4) is 10.6 Å². The molecule has 0 unspecified atom stereocenters. The molecule has 1 aliphatic heterocycles. The summed E-state index contributed by atoms with van der Waals surface area (Å²) in [5, 5.41) is 15.4. The lowest BCUT2D eigenvalue weighted by Crippen LogP contribution is -2.33. The number of aromatic nitrogens is 2. The van der Waals surface area contributed by atoms with Crippen molar-refractivity contribution in [2.45, 2.75) is 32.7 Å². The van der Waals surface area contributed by atoms with Gasteiger partial charge >= 0.3 is 0 Å². The van der Waals surface area contributed by atoms with Crippen LogP contribution in [0.4, 0.5) is 10.8 Å². The minimum absolute atomic E-state index is 0.0619. The number of fused-ring (bicyclic) bond motifs is 4. The molecule has 6 heteroatoms. The third kappa shape index (κ3) is 3.33. The van der Waals surface area contributed by atoms with Crippen molar-refractivity contribution in [1.82, 2.24) is 10.2 Å². The zero-order valence-corrected chi connectivity index (χ0v) is 19.4. The molecule has 3 N–H and O–H groups in total. The average molecular weight is 453 g/mol. The molecule has 164 valence electrons. The average Bonchev–Trinajstić information content (AvgIpc) is 3.23. The number of nitrogens with zero attached hydrogens (tertiary/aromatic N) is 2. The smallest absolute Gasteiger partial charge is 0.203 e. The zero-order chi connectivity index (χ0) is 22.7. The van der Waals surface area contributed by atoms with Crippen LogP contribution in [0.1, 0.15) is 43.9 Å². The van der Waals surface area contributed by atoms with E-state index in [1.165, 1.54) is 33.2 Å². The van der Waals surface area contributed by atoms with Crippen LogP contribution in [0.2, 0.25) is 0 Å². The first-order valence-electron chi connectivity index (χ1n) is 11.1. The number of hydrogen-bond acceptors (Lipinski definition) is 6. The fourth-order valence-electron chi connectivity index (χ4n) is 5.26. The fourth-order valence-corrected chi connectivity index (χ4v) is 5.87. The van der Waals surface area contributed by atoms with Crippen molar-refractivity contribution < 1.29 is 4.79 Å². The standard InChI is InChI=1S/C27H24N4OS/c1-27(2)13-19-22-18-6-4-3-5-15(18)11-12-20(22)29-24(23(19)21(32)14-27)16-7-9-17(10-8-16)25-30-31-26(28)33-25/h3-12,24,29H,13-14H2,1-2H3,(H2,28,31)/t24-/m0/s1. The number of nitrogens with one attached hydrogen (secondary N) is 1. The summed E-state index contributed by atoms with van der Waals surface area (Å²) in [5.74, 6) is 0.235. The maximum absolute atomic E-state index is 13.5. The van der Waals surface area contributed by atoms with E-state index >= 15 is 0 Å². The highest BCUT2D eigenvalue weighted by Gasteiger charge is 2.40. The SMILES string of the molecule is CC1(C)CC(=O)C2=C(C1)c1c(ccc3ccccc13)N[C@H]2c1ccc(-c2nnc(N)s2)cc1. The Hall–Kier alpha value is -3.51. The van der Waals surface area contributed by atoms with Crippen LogP contribution in [-0.2, 0) is 4.79 Å². The largest absolute Gasteiger partial charge is 0.374 e. The van der Waals surface area contributed by atoms with Gasteiger partial charge < -0.3 is 11.1 Å². The van der Waals surface area contributed by atoms with Crippen LogP contribution >= 0.6 is 11.3 Å². The molecule has 1 atom stereocenters. The molecule has 2 aliphatic rings. The molecule has 0 spiro atoms. The lowest BCUT2D eigenvalue weighted by atomic mass is 9.68. The Bertz CT molecular complexity index is 1450. The number of Topliss-reactive ketones (excluding diaryl/α,β-unsaturated/α-hetero) is 1. The Labute approximate surface area is 196 Å². The van der Waals surface area contributed by atoms with E-state index in [0.29, 0.717) is 11.6 Å². The number of carbonyl (C=O) groups is 1. The van der Waals surface area contributed by atoms with Gasteiger partial charge in [0.15, 0.2) is 5.78 Å². The molecule has 0 saturated heterocycles. The molecule has 3 aromatic carbocycles. The second-order valence-corrected chi connectivity index (χ2v) is 10.7. The summed E-state index contributed by atoms with van der Waals surface area (Å²) in [6, 6.07) is 20.8. The Morgan fingerprint density at radius 3 is 2.55 bits per heavy atom. The first-order valence-corrected chi connectivity index (χ1v) is 12.0. The topological polar surface area (TPSA) is 80.9 Å². The molecule has 2 heterocycles. The molecule has 0 fully saturated rings. The van der Waals surface area contributed by atoms with E-state index in [2.05, 4.69) is 77.9 Å². The number of carbonyl (C=O) groups excluding carboxylic acids is 1. The quantitative estimate of drug-likeness (QED) is 0.376. The van der Waals surface area contributed by atoms with Crippen molar-refractivity contribution in [2.75, 3.05) is 11.1 Å². The number of hydrogen-bond donors (Lipinski definition) is 2. The summed E-state index contributed by atoms with van der Waals surface area (Å²) < 4.78 is 0. The number of ketones is 1. The van der Waals surface area contributed by atoms with Gasteiger partial charge in [0.25, 0.3) is 0 Å². The second-order valence-electron chi connectivity index (χ2n) is 9.69. The number of benzene rings is 3. The highest BCUT2D eigenvalue weighted by atomic mass is 32.1. The summed E-state index contributed by atoms with van der Waals surface area (Å²) in [6.45, 7) is 4.39. The molecule has 0 radical (unpaired) electrons. The second kappa shape index (κ2) is 7.25. The van der Waals surface area contributed by atoms with Gasteiger partial charge in [0.2, 0.25) is 5.13 Å². The van der Waals surface area contributed by atoms with E-state index in [-0.39, 0.29) is 17.2 Å². The molecule has 0 saturated carbocycles. The molecule has 1 aliphatic carbocycles. The van der Waals surface area contributed by atoms with Crippen molar-refractivity contribution in [3.05, 3.63) is 77.4 Å². The van der Waals surface area contributed by atoms with E-state index in [9.17, 15) is 4.79 Å². The fraction of sp³-hybridized carbons (Fsp3) is 0.222. The first-order chi connectivity index (χ1) is 15.9. The van der Waals surface area contributed by atoms with Crippen LogP contribution in [0.3, 0.4) is 0 Å². The van der Waals surface area contributed by atoms with Gasteiger partial charge in [-0.05, 0) is 39.8 Å². The van der Waals surface area contributed by atoms with Gasteiger partial charge in [-0.3, -0.25) is 4.79 Å². The van der Waals surface area contributed by atoms with Crippen molar-refractivity contribution in [3.63, 3.8) is 0 Å². The van der Waals surface area contributed by atoms with Crippen molar-refractivity contribution in [2.24, 2.45) is 5.41 Å². The number of nitrogens with two attached hydrogens (primary N) is 1. The van der Waals surface area contributed by atoms with Crippen LogP contribution < -0.4 is 11.1 Å². The van der Waals surface area contributed by atoms with Crippen molar-refractivity contribution in [1.29, 1.82) is 0 Å². The number of rotatable bonds is 2. The maximum Gasteiger partial charge on any atom is 0.203 e. The summed E-state index contributed by atoms with van der Waals surface area (Å²) in [7, 11) is 0. The van der Waals surface area contributed by atoms with Gasteiger partial charge in [-0.15, -0.1) is 10.2 Å². The molecule has 0 bridgehead atoms.